The molecular weight excluding hydrogens is 186 g/mol. The Labute approximate surface area is 83.2 Å². The fraction of sp³-hybridized carbons (Fsp3) is 0.750. The van der Waals surface area contributed by atoms with Gasteiger partial charge in [-0.3, -0.25) is 4.90 Å². The fourth-order valence-corrected chi connectivity index (χ4v) is 2.05. The first-order valence-corrected chi connectivity index (χ1v) is 4.92. The van der Waals surface area contributed by atoms with E-state index in [1.165, 1.54) is 11.3 Å². The van der Waals surface area contributed by atoms with Gasteiger partial charge in [0.1, 0.15) is 0 Å². The lowest BCUT2D eigenvalue weighted by Crippen LogP contribution is -2.50. The van der Waals surface area contributed by atoms with Gasteiger partial charge in [-0.25, -0.2) is 4.79 Å². The summed E-state index contributed by atoms with van der Waals surface area (Å²) in [6, 6.07) is -0.400. The van der Waals surface area contributed by atoms with Crippen LogP contribution in [0, 0.1) is 0 Å². The zero-order valence-corrected chi connectivity index (χ0v) is 8.35. The van der Waals surface area contributed by atoms with E-state index in [1.807, 2.05) is 0 Å². The molecule has 0 spiro atoms. The SMILES string of the molecule is NC(=O)N(C(N)=S)C1CCCCC1. The lowest BCUT2D eigenvalue weighted by Gasteiger charge is -2.31. The minimum Gasteiger partial charge on any atom is -0.376 e. The summed E-state index contributed by atoms with van der Waals surface area (Å²) in [4.78, 5) is 12.4. The number of amides is 2. The van der Waals surface area contributed by atoms with Gasteiger partial charge >= 0.3 is 6.03 Å². The van der Waals surface area contributed by atoms with Crippen molar-refractivity contribution in [2.45, 2.75) is 38.1 Å². The van der Waals surface area contributed by atoms with Crippen molar-refractivity contribution in [3.63, 3.8) is 0 Å². The van der Waals surface area contributed by atoms with Crippen molar-refractivity contribution < 1.29 is 4.79 Å². The van der Waals surface area contributed by atoms with Crippen LogP contribution in [0.25, 0.3) is 0 Å². The van der Waals surface area contributed by atoms with Gasteiger partial charge < -0.3 is 11.5 Å². The highest BCUT2D eigenvalue weighted by atomic mass is 32.1. The van der Waals surface area contributed by atoms with Crippen LogP contribution < -0.4 is 11.5 Å². The average molecular weight is 201 g/mol. The van der Waals surface area contributed by atoms with Gasteiger partial charge in [-0.15, -0.1) is 0 Å². The van der Waals surface area contributed by atoms with Gasteiger partial charge in [0.05, 0.1) is 0 Å². The summed E-state index contributed by atoms with van der Waals surface area (Å²) in [5, 5.41) is 0.0967. The molecule has 0 heterocycles. The Morgan fingerprint density at radius 2 is 1.77 bits per heavy atom. The Hall–Kier alpha value is -0.840. The van der Waals surface area contributed by atoms with Crippen LogP contribution in [0.4, 0.5) is 4.79 Å². The Kier molecular flexibility index (Phi) is 3.48. The molecule has 1 aliphatic rings. The summed E-state index contributed by atoms with van der Waals surface area (Å²) in [7, 11) is 0. The number of thiocarbonyl (C=S) groups is 1. The molecule has 13 heavy (non-hydrogen) atoms. The molecule has 5 heteroatoms. The second kappa shape index (κ2) is 4.41. The summed E-state index contributed by atoms with van der Waals surface area (Å²) in [5.41, 5.74) is 10.6. The molecular formula is C8H15N3OS. The maximum absolute atomic E-state index is 11.0. The number of nitrogens with zero attached hydrogens (tertiary/aromatic N) is 1. The molecule has 4 N–H and O–H groups in total. The highest BCUT2D eigenvalue weighted by Crippen LogP contribution is 2.22. The van der Waals surface area contributed by atoms with Crippen molar-refractivity contribution in [3.05, 3.63) is 0 Å². The number of urea groups is 1. The third-order valence-electron chi connectivity index (χ3n) is 2.41. The first-order chi connectivity index (χ1) is 6.13. The fourth-order valence-electron chi connectivity index (χ4n) is 1.81. The molecule has 4 nitrogen and oxygen atoms in total. The summed E-state index contributed by atoms with van der Waals surface area (Å²) >= 11 is 4.78. The lowest BCUT2D eigenvalue weighted by molar-refractivity contribution is 0.205. The number of rotatable bonds is 1. The summed E-state index contributed by atoms with van der Waals surface area (Å²) in [5.74, 6) is 0. The van der Waals surface area contributed by atoms with E-state index in [0.717, 1.165) is 25.7 Å². The number of primary amides is 1. The summed E-state index contributed by atoms with van der Waals surface area (Å²) in [6.07, 6.45) is 5.38. The van der Waals surface area contributed by atoms with E-state index >= 15 is 0 Å². The molecule has 0 aromatic rings. The average Bonchev–Trinajstić information content (AvgIpc) is 2.04. The van der Waals surface area contributed by atoms with E-state index in [0.29, 0.717) is 0 Å². The van der Waals surface area contributed by atoms with E-state index in [4.69, 9.17) is 23.7 Å². The number of hydrogen-bond acceptors (Lipinski definition) is 2. The molecule has 0 bridgehead atoms. The van der Waals surface area contributed by atoms with E-state index < -0.39 is 6.03 Å². The molecule has 1 rings (SSSR count). The van der Waals surface area contributed by atoms with Crippen LogP contribution in [0.15, 0.2) is 0 Å². The van der Waals surface area contributed by atoms with Gasteiger partial charge in [0.25, 0.3) is 0 Å². The largest absolute Gasteiger partial charge is 0.376 e. The molecule has 0 aromatic heterocycles. The van der Waals surface area contributed by atoms with Crippen LogP contribution in [0.2, 0.25) is 0 Å². The zero-order valence-electron chi connectivity index (χ0n) is 7.53. The van der Waals surface area contributed by atoms with Crippen molar-refractivity contribution in [3.8, 4) is 0 Å². The molecule has 0 saturated heterocycles. The molecule has 0 atom stereocenters. The number of carbonyl (C=O) groups is 1. The molecule has 1 aliphatic carbocycles. The van der Waals surface area contributed by atoms with E-state index in [-0.39, 0.29) is 11.2 Å². The quantitative estimate of drug-likeness (QED) is 0.620. The maximum Gasteiger partial charge on any atom is 0.321 e. The molecule has 2 amide bonds. The highest BCUT2D eigenvalue weighted by molar-refractivity contribution is 7.80. The van der Waals surface area contributed by atoms with Crippen molar-refractivity contribution in [2.24, 2.45) is 11.5 Å². The number of nitrogens with two attached hydrogens (primary N) is 2. The molecule has 0 unspecified atom stereocenters. The second-order valence-corrected chi connectivity index (χ2v) is 3.76. The number of carbonyl (C=O) groups excluding carboxylic acids is 1. The normalized spacial score (nSPS) is 18.2. The topological polar surface area (TPSA) is 72.4 Å². The highest BCUT2D eigenvalue weighted by Gasteiger charge is 2.25. The van der Waals surface area contributed by atoms with Gasteiger partial charge in [-0.05, 0) is 25.1 Å². The second-order valence-electron chi connectivity index (χ2n) is 3.34. The van der Waals surface area contributed by atoms with Gasteiger partial charge in [-0.2, -0.15) is 0 Å². The predicted molar refractivity (Wildman–Crippen MR) is 55.1 cm³/mol. The van der Waals surface area contributed by atoms with Gasteiger partial charge in [0, 0.05) is 6.04 Å². The summed E-state index contributed by atoms with van der Waals surface area (Å²) < 4.78 is 0. The van der Waals surface area contributed by atoms with Crippen LogP contribution in [-0.2, 0) is 0 Å². The molecule has 0 aliphatic heterocycles. The first kappa shape index (κ1) is 10.2. The molecule has 0 radical (unpaired) electrons. The smallest absolute Gasteiger partial charge is 0.321 e. The van der Waals surface area contributed by atoms with Crippen LogP contribution in [-0.4, -0.2) is 22.1 Å². The van der Waals surface area contributed by atoms with Crippen molar-refractivity contribution in [1.29, 1.82) is 0 Å². The van der Waals surface area contributed by atoms with Crippen LogP contribution in [0.1, 0.15) is 32.1 Å². The van der Waals surface area contributed by atoms with Crippen LogP contribution in [0.3, 0.4) is 0 Å². The van der Waals surface area contributed by atoms with Crippen molar-refractivity contribution >= 4 is 23.4 Å². The predicted octanol–water partition coefficient (Wildman–Crippen LogP) is 0.943. The first-order valence-electron chi connectivity index (χ1n) is 4.51. The Morgan fingerprint density at radius 3 is 2.15 bits per heavy atom. The number of hydrogen-bond donors (Lipinski definition) is 2. The monoisotopic (exact) mass is 201 g/mol. The van der Waals surface area contributed by atoms with E-state index in [1.54, 1.807) is 0 Å². The van der Waals surface area contributed by atoms with Gasteiger partial charge in [0.15, 0.2) is 5.11 Å². The molecule has 0 aromatic carbocycles. The van der Waals surface area contributed by atoms with Gasteiger partial charge in [-0.1, -0.05) is 19.3 Å². The Bertz CT molecular complexity index is 199. The van der Waals surface area contributed by atoms with Crippen LogP contribution >= 0.6 is 12.2 Å². The third-order valence-corrected chi connectivity index (χ3v) is 2.61. The van der Waals surface area contributed by atoms with Crippen LogP contribution in [0.5, 0.6) is 0 Å². The van der Waals surface area contributed by atoms with Crippen molar-refractivity contribution in [1.82, 2.24) is 4.90 Å². The maximum atomic E-state index is 11.0. The Balaban J connectivity index is 2.62. The van der Waals surface area contributed by atoms with E-state index in [2.05, 4.69) is 0 Å². The Morgan fingerprint density at radius 1 is 1.23 bits per heavy atom. The van der Waals surface area contributed by atoms with Gasteiger partial charge in [0.2, 0.25) is 0 Å². The molecule has 1 fully saturated rings. The van der Waals surface area contributed by atoms with E-state index in [9.17, 15) is 4.79 Å². The summed E-state index contributed by atoms with van der Waals surface area (Å²) in [6.45, 7) is 0. The van der Waals surface area contributed by atoms with Crippen molar-refractivity contribution in [2.75, 3.05) is 0 Å². The molecule has 74 valence electrons. The standard InChI is InChI=1S/C8H15N3OS/c9-7(12)11(8(10)13)6-4-2-1-3-5-6/h6H,1-5H2,(H2,9,12)(H2,10,13). The minimum atomic E-state index is -0.528. The zero-order chi connectivity index (χ0) is 9.84. The minimum absolute atomic E-state index is 0.0967. The third kappa shape index (κ3) is 2.55. The lowest BCUT2D eigenvalue weighted by atomic mass is 9.94. The molecule has 1 saturated carbocycles.